The first kappa shape index (κ1) is 17.3. The van der Waals surface area contributed by atoms with Gasteiger partial charge in [0, 0.05) is 23.5 Å². The molecule has 0 unspecified atom stereocenters. The van der Waals surface area contributed by atoms with E-state index in [1.54, 1.807) is 6.07 Å². The second kappa shape index (κ2) is 7.23. The maximum Gasteiger partial charge on any atom is 0.234 e. The van der Waals surface area contributed by atoms with E-state index in [2.05, 4.69) is 16.8 Å². The van der Waals surface area contributed by atoms with Crippen LogP contribution in [-0.4, -0.2) is 28.0 Å². The highest BCUT2D eigenvalue weighted by Gasteiger charge is 2.23. The van der Waals surface area contributed by atoms with Gasteiger partial charge in [0.05, 0.1) is 11.4 Å². The van der Waals surface area contributed by atoms with Crippen molar-refractivity contribution in [3.63, 3.8) is 0 Å². The fourth-order valence-corrected chi connectivity index (χ4v) is 4.55. The van der Waals surface area contributed by atoms with Gasteiger partial charge in [0.15, 0.2) is 16.7 Å². The van der Waals surface area contributed by atoms with Crippen LogP contribution in [0.3, 0.4) is 0 Å². The van der Waals surface area contributed by atoms with Crippen molar-refractivity contribution in [2.24, 2.45) is 0 Å². The highest BCUT2D eigenvalue weighted by molar-refractivity contribution is 7.99. The summed E-state index contributed by atoms with van der Waals surface area (Å²) in [6.07, 6.45) is 4.95. The summed E-state index contributed by atoms with van der Waals surface area (Å²) in [4.78, 5) is 17.1. The number of carbonyl (C=O) groups excluding carboxylic acids is 1. The Morgan fingerprint density at radius 2 is 2.04 bits per heavy atom. The van der Waals surface area contributed by atoms with Gasteiger partial charge < -0.3 is 19.4 Å². The van der Waals surface area contributed by atoms with E-state index in [0.29, 0.717) is 29.0 Å². The molecular formula is C19H23N3O3S. The van der Waals surface area contributed by atoms with Crippen molar-refractivity contribution in [3.8, 4) is 11.5 Å². The molecule has 0 atom stereocenters. The molecule has 1 amide bonds. The highest BCUT2D eigenvalue weighted by atomic mass is 32.2. The van der Waals surface area contributed by atoms with Gasteiger partial charge in [-0.25, -0.2) is 4.98 Å². The number of hydrogen-bond donors (Lipinski definition) is 1. The van der Waals surface area contributed by atoms with Gasteiger partial charge in [-0.2, -0.15) is 0 Å². The number of thioether (sulfide) groups is 1. The molecule has 2 aromatic rings. The molecule has 1 aliphatic heterocycles. The molecule has 1 aromatic carbocycles. The van der Waals surface area contributed by atoms with Crippen molar-refractivity contribution in [1.29, 1.82) is 0 Å². The first-order chi connectivity index (χ1) is 12.6. The standard InChI is InChI=1S/C19H23N3O3S/c1-12-13(2)22(15-5-3-4-6-15)19(20-12)26-10-18(23)21-14-7-8-16-17(9-14)25-11-24-16/h7-9,15H,3-6,10-11H2,1-2H3,(H,21,23). The second-order valence-corrected chi connectivity index (χ2v) is 7.72. The molecule has 26 heavy (non-hydrogen) atoms. The largest absolute Gasteiger partial charge is 0.454 e. The minimum absolute atomic E-state index is 0.0508. The van der Waals surface area contributed by atoms with Crippen LogP contribution >= 0.6 is 11.8 Å². The van der Waals surface area contributed by atoms with Crippen LogP contribution < -0.4 is 14.8 Å². The van der Waals surface area contributed by atoms with E-state index in [9.17, 15) is 4.79 Å². The lowest BCUT2D eigenvalue weighted by Crippen LogP contribution is -2.15. The zero-order chi connectivity index (χ0) is 18.1. The van der Waals surface area contributed by atoms with Crippen molar-refractivity contribution in [3.05, 3.63) is 29.6 Å². The quantitative estimate of drug-likeness (QED) is 0.800. The van der Waals surface area contributed by atoms with Gasteiger partial charge >= 0.3 is 0 Å². The van der Waals surface area contributed by atoms with Crippen molar-refractivity contribution < 1.29 is 14.3 Å². The number of nitrogens with one attached hydrogen (secondary N) is 1. The zero-order valence-electron chi connectivity index (χ0n) is 15.1. The Balaban J connectivity index is 1.41. The predicted octanol–water partition coefficient (Wildman–Crippen LogP) is 4.07. The molecule has 2 aliphatic rings. The highest BCUT2D eigenvalue weighted by Crippen LogP contribution is 2.36. The monoisotopic (exact) mass is 373 g/mol. The van der Waals surface area contributed by atoms with Crippen LogP contribution in [-0.2, 0) is 4.79 Å². The van der Waals surface area contributed by atoms with Gasteiger partial charge in [0.25, 0.3) is 0 Å². The summed E-state index contributed by atoms with van der Waals surface area (Å²) < 4.78 is 13.0. The molecule has 1 saturated carbocycles. The number of fused-ring (bicyclic) bond motifs is 1. The number of benzene rings is 1. The number of amides is 1. The van der Waals surface area contributed by atoms with Crippen molar-refractivity contribution in [2.45, 2.75) is 50.7 Å². The molecule has 0 spiro atoms. The van der Waals surface area contributed by atoms with Crippen molar-refractivity contribution in [2.75, 3.05) is 17.9 Å². The third-order valence-electron chi connectivity index (χ3n) is 5.03. The predicted molar refractivity (Wildman–Crippen MR) is 101 cm³/mol. The molecule has 1 N–H and O–H groups in total. The number of nitrogens with zero attached hydrogens (tertiary/aromatic N) is 2. The van der Waals surface area contributed by atoms with E-state index < -0.39 is 0 Å². The molecule has 138 valence electrons. The van der Waals surface area contributed by atoms with E-state index in [1.165, 1.54) is 43.1 Å². The van der Waals surface area contributed by atoms with Crippen molar-refractivity contribution >= 4 is 23.4 Å². The third kappa shape index (κ3) is 3.40. The van der Waals surface area contributed by atoms with Crippen LogP contribution in [0.25, 0.3) is 0 Å². The first-order valence-corrected chi connectivity index (χ1v) is 9.98. The summed E-state index contributed by atoms with van der Waals surface area (Å²) in [5.74, 6) is 1.65. The van der Waals surface area contributed by atoms with Crippen molar-refractivity contribution in [1.82, 2.24) is 9.55 Å². The summed E-state index contributed by atoms with van der Waals surface area (Å²) in [6.45, 7) is 4.39. The lowest BCUT2D eigenvalue weighted by molar-refractivity contribution is -0.113. The van der Waals surface area contributed by atoms with E-state index in [4.69, 9.17) is 14.5 Å². The number of rotatable bonds is 5. The van der Waals surface area contributed by atoms with Gasteiger partial charge in [-0.3, -0.25) is 4.79 Å². The number of imidazole rings is 1. The van der Waals surface area contributed by atoms with Gasteiger partial charge in [-0.15, -0.1) is 0 Å². The Labute approximate surface area is 157 Å². The second-order valence-electron chi connectivity index (χ2n) is 6.78. The molecule has 0 bridgehead atoms. The Kier molecular flexibility index (Phi) is 4.80. The Morgan fingerprint density at radius 1 is 1.27 bits per heavy atom. The lowest BCUT2D eigenvalue weighted by atomic mass is 10.2. The number of anilines is 1. The molecule has 6 nitrogen and oxygen atoms in total. The molecule has 1 aromatic heterocycles. The molecule has 0 saturated heterocycles. The smallest absolute Gasteiger partial charge is 0.234 e. The Bertz CT molecular complexity index is 828. The average Bonchev–Trinajstić information content (AvgIpc) is 3.34. The minimum atomic E-state index is -0.0508. The van der Waals surface area contributed by atoms with Gasteiger partial charge in [-0.1, -0.05) is 24.6 Å². The summed E-state index contributed by atoms with van der Waals surface area (Å²) in [7, 11) is 0. The molecule has 4 rings (SSSR count). The van der Waals surface area contributed by atoms with Crippen LogP contribution in [0.15, 0.2) is 23.4 Å². The number of aryl methyl sites for hydroxylation is 1. The molecule has 7 heteroatoms. The maximum absolute atomic E-state index is 12.4. The van der Waals surface area contributed by atoms with E-state index in [-0.39, 0.29) is 12.7 Å². The topological polar surface area (TPSA) is 65.4 Å². The average molecular weight is 373 g/mol. The Hall–Kier alpha value is -2.15. The maximum atomic E-state index is 12.4. The Morgan fingerprint density at radius 3 is 2.85 bits per heavy atom. The van der Waals surface area contributed by atoms with Gasteiger partial charge in [0.2, 0.25) is 12.7 Å². The molecule has 1 aliphatic carbocycles. The number of aromatic nitrogens is 2. The van der Waals surface area contributed by atoms with E-state index in [0.717, 1.165) is 10.9 Å². The van der Waals surface area contributed by atoms with Crippen LogP contribution in [0, 0.1) is 13.8 Å². The summed E-state index contributed by atoms with van der Waals surface area (Å²) in [6, 6.07) is 5.95. The first-order valence-electron chi connectivity index (χ1n) is 8.99. The fourth-order valence-electron chi connectivity index (χ4n) is 3.59. The fraction of sp³-hybridized carbons (Fsp3) is 0.474. The van der Waals surface area contributed by atoms with Gasteiger partial charge in [0.1, 0.15) is 0 Å². The SMILES string of the molecule is Cc1nc(SCC(=O)Nc2ccc3c(c2)OCO3)n(C2CCCC2)c1C. The van der Waals surface area contributed by atoms with Crippen LogP contribution in [0.1, 0.15) is 43.1 Å². The lowest BCUT2D eigenvalue weighted by Gasteiger charge is -2.16. The zero-order valence-corrected chi connectivity index (χ0v) is 15.9. The summed E-state index contributed by atoms with van der Waals surface area (Å²) in [5, 5.41) is 3.87. The molecular weight excluding hydrogens is 350 g/mol. The molecule has 1 fully saturated rings. The summed E-state index contributed by atoms with van der Waals surface area (Å²) in [5.41, 5.74) is 2.98. The number of carbonyl (C=O) groups is 1. The third-order valence-corrected chi connectivity index (χ3v) is 5.99. The minimum Gasteiger partial charge on any atom is -0.454 e. The summed E-state index contributed by atoms with van der Waals surface area (Å²) >= 11 is 1.51. The molecule has 0 radical (unpaired) electrons. The normalized spacial score (nSPS) is 16.2. The van der Waals surface area contributed by atoms with Crippen LogP contribution in [0.4, 0.5) is 5.69 Å². The van der Waals surface area contributed by atoms with Gasteiger partial charge in [-0.05, 0) is 38.8 Å². The van der Waals surface area contributed by atoms with Crippen LogP contribution in [0.5, 0.6) is 11.5 Å². The molecule has 2 heterocycles. The number of ether oxygens (including phenoxy) is 2. The van der Waals surface area contributed by atoms with E-state index in [1.807, 2.05) is 19.1 Å². The van der Waals surface area contributed by atoms with E-state index >= 15 is 0 Å². The van der Waals surface area contributed by atoms with Crippen LogP contribution in [0.2, 0.25) is 0 Å². The number of hydrogen-bond acceptors (Lipinski definition) is 5.